The Balaban J connectivity index is 2.62. The summed E-state index contributed by atoms with van der Waals surface area (Å²) in [5.74, 6) is -0.451. The number of aliphatic hydroxyl groups is 1. The molecule has 1 aromatic carbocycles. The van der Waals surface area contributed by atoms with Crippen LogP contribution in [0.2, 0.25) is 0 Å². The summed E-state index contributed by atoms with van der Waals surface area (Å²) in [4.78, 5) is -0.349. The van der Waals surface area contributed by atoms with Crippen LogP contribution in [-0.4, -0.2) is 20.1 Å². The van der Waals surface area contributed by atoms with Crippen LogP contribution in [0.4, 0.5) is 13.2 Å². The van der Waals surface area contributed by atoms with Crippen molar-refractivity contribution >= 4 is 15.4 Å². The van der Waals surface area contributed by atoms with E-state index < -0.39 is 27.5 Å². The van der Waals surface area contributed by atoms with E-state index in [0.717, 1.165) is 17.5 Å². The average Bonchev–Trinajstić information content (AvgIpc) is 2.59. The lowest BCUT2D eigenvalue weighted by Gasteiger charge is -2.12. The Labute approximate surface area is 108 Å². The molecule has 0 radical (unpaired) electrons. The van der Waals surface area contributed by atoms with E-state index in [2.05, 4.69) is 0 Å². The summed E-state index contributed by atoms with van der Waals surface area (Å²) in [6.45, 7) is 1.33. The number of fused-ring (bicyclic) bond motifs is 1. The van der Waals surface area contributed by atoms with Crippen LogP contribution in [0, 0.1) is 5.92 Å². The molecule has 0 aromatic heterocycles. The summed E-state index contributed by atoms with van der Waals surface area (Å²) in [5, 5.41) is 9.99. The minimum absolute atomic E-state index is 0.231. The normalized spacial score (nSPS) is 18.9. The predicted molar refractivity (Wildman–Crippen MR) is 62.9 cm³/mol. The van der Waals surface area contributed by atoms with Gasteiger partial charge in [-0.05, 0) is 23.3 Å². The smallest absolute Gasteiger partial charge is 0.396 e. The van der Waals surface area contributed by atoms with Gasteiger partial charge in [0, 0.05) is 17.9 Å². The van der Waals surface area contributed by atoms with Crippen LogP contribution >= 0.6 is 0 Å². The maximum Gasteiger partial charge on any atom is 0.416 e. The lowest BCUT2D eigenvalue weighted by atomic mass is 9.95. The minimum Gasteiger partial charge on any atom is -0.396 e. The van der Waals surface area contributed by atoms with Gasteiger partial charge in [-0.3, -0.25) is 0 Å². The second-order valence-electron chi connectivity index (χ2n) is 4.41. The summed E-state index contributed by atoms with van der Waals surface area (Å²) in [7, 11) is -3.87. The van der Waals surface area contributed by atoms with Crippen LogP contribution in [0.1, 0.15) is 18.1 Å². The van der Waals surface area contributed by atoms with Gasteiger partial charge in [-0.15, -0.1) is 0 Å². The highest BCUT2D eigenvalue weighted by atomic mass is 32.2. The maximum atomic E-state index is 12.6. The summed E-state index contributed by atoms with van der Waals surface area (Å²) in [5.41, 5.74) is -0.429. The summed E-state index contributed by atoms with van der Waals surface area (Å²) < 4.78 is 61.4. The number of benzene rings is 1. The molecule has 0 fully saturated rings. The fraction of sp³-hybridized carbons (Fsp3) is 0.333. The highest BCUT2D eigenvalue weighted by molar-refractivity contribution is 7.95. The number of aliphatic hydroxyl groups excluding tert-OH is 1. The first-order valence-electron chi connectivity index (χ1n) is 5.46. The van der Waals surface area contributed by atoms with Crippen molar-refractivity contribution in [3.63, 3.8) is 0 Å². The van der Waals surface area contributed by atoms with Gasteiger partial charge in [0.05, 0.1) is 10.5 Å². The van der Waals surface area contributed by atoms with Crippen molar-refractivity contribution in [3.8, 4) is 0 Å². The molecule has 1 atom stereocenters. The predicted octanol–water partition coefficient (Wildman–Crippen LogP) is 2.46. The largest absolute Gasteiger partial charge is 0.416 e. The van der Waals surface area contributed by atoms with Crippen molar-refractivity contribution in [2.75, 3.05) is 6.61 Å². The van der Waals surface area contributed by atoms with Gasteiger partial charge in [0.1, 0.15) is 0 Å². The van der Waals surface area contributed by atoms with Crippen molar-refractivity contribution < 1.29 is 26.7 Å². The molecule has 0 saturated heterocycles. The van der Waals surface area contributed by atoms with Crippen LogP contribution in [-0.2, 0) is 16.0 Å². The van der Waals surface area contributed by atoms with E-state index in [1.54, 1.807) is 6.92 Å². The molecule has 3 nitrogen and oxygen atoms in total. The van der Waals surface area contributed by atoms with Gasteiger partial charge < -0.3 is 5.11 Å². The van der Waals surface area contributed by atoms with Gasteiger partial charge >= 0.3 is 6.18 Å². The number of rotatable bonds is 2. The zero-order valence-electron chi connectivity index (χ0n) is 9.90. The topological polar surface area (TPSA) is 54.4 Å². The number of sulfone groups is 1. The van der Waals surface area contributed by atoms with E-state index in [9.17, 15) is 21.6 Å². The quantitative estimate of drug-likeness (QED) is 0.911. The lowest BCUT2D eigenvalue weighted by molar-refractivity contribution is -0.137. The van der Waals surface area contributed by atoms with Gasteiger partial charge in [0.25, 0.3) is 0 Å². The van der Waals surface area contributed by atoms with Crippen molar-refractivity contribution in [1.82, 2.24) is 0 Å². The number of alkyl halides is 3. The number of hydrogen-bond acceptors (Lipinski definition) is 3. The SMILES string of the molecule is CC(CO)C1=CS(=O)(=O)c2cc(C(F)(F)F)ccc21. The molecule has 2 rings (SSSR count). The molecular formula is C12H11F3O3S. The lowest BCUT2D eigenvalue weighted by Crippen LogP contribution is -2.07. The van der Waals surface area contributed by atoms with Crippen molar-refractivity contribution in [2.24, 2.45) is 5.92 Å². The Kier molecular flexibility index (Phi) is 3.22. The summed E-state index contributed by atoms with van der Waals surface area (Å²) in [6.07, 6.45) is -4.59. The van der Waals surface area contributed by atoms with Crippen LogP contribution in [0.15, 0.2) is 28.5 Å². The van der Waals surface area contributed by atoms with Crippen molar-refractivity contribution in [3.05, 3.63) is 34.7 Å². The third-order valence-corrected chi connectivity index (χ3v) is 4.53. The Morgan fingerprint density at radius 1 is 1.32 bits per heavy atom. The highest BCUT2D eigenvalue weighted by Gasteiger charge is 2.35. The molecule has 19 heavy (non-hydrogen) atoms. The van der Waals surface area contributed by atoms with E-state index in [-0.39, 0.29) is 17.1 Å². The first-order valence-corrected chi connectivity index (χ1v) is 7.00. The van der Waals surface area contributed by atoms with Gasteiger partial charge in [0.2, 0.25) is 9.84 Å². The highest BCUT2D eigenvalue weighted by Crippen LogP contribution is 2.40. The second kappa shape index (κ2) is 4.35. The third-order valence-electron chi connectivity index (χ3n) is 3.01. The van der Waals surface area contributed by atoms with Crippen molar-refractivity contribution in [2.45, 2.75) is 18.0 Å². The molecule has 0 saturated carbocycles. The van der Waals surface area contributed by atoms with E-state index in [0.29, 0.717) is 11.6 Å². The first-order chi connectivity index (χ1) is 8.66. The minimum atomic E-state index is -4.59. The fourth-order valence-corrected chi connectivity index (χ4v) is 3.55. The van der Waals surface area contributed by atoms with E-state index in [1.165, 1.54) is 0 Å². The number of halogens is 3. The third kappa shape index (κ3) is 2.40. The molecule has 0 bridgehead atoms. The second-order valence-corrected chi connectivity index (χ2v) is 6.18. The Bertz CT molecular complexity index is 645. The standard InChI is InChI=1S/C12H11F3O3S/c1-7(5-16)10-6-19(17,18)11-4-8(12(13,14)15)2-3-9(10)11/h2-4,6-7,16H,5H2,1H3. The monoisotopic (exact) mass is 292 g/mol. The molecule has 0 aliphatic carbocycles. The molecule has 0 amide bonds. The fourth-order valence-electron chi connectivity index (χ4n) is 1.95. The van der Waals surface area contributed by atoms with Gasteiger partial charge in [0.15, 0.2) is 0 Å². The Morgan fingerprint density at radius 2 is 1.95 bits per heavy atom. The molecular weight excluding hydrogens is 281 g/mol. The van der Waals surface area contributed by atoms with Crippen LogP contribution in [0.3, 0.4) is 0 Å². The van der Waals surface area contributed by atoms with E-state index in [1.807, 2.05) is 0 Å². The maximum absolute atomic E-state index is 12.6. The summed E-state index contributed by atoms with van der Waals surface area (Å²) in [6, 6.07) is 2.62. The molecule has 1 aliphatic heterocycles. The van der Waals surface area contributed by atoms with Crippen LogP contribution < -0.4 is 0 Å². The van der Waals surface area contributed by atoms with Gasteiger partial charge in [-0.1, -0.05) is 13.0 Å². The molecule has 1 aliphatic rings. The molecule has 1 N–H and O–H groups in total. The molecule has 1 heterocycles. The Hall–Kier alpha value is -1.34. The number of hydrogen-bond donors (Lipinski definition) is 1. The molecule has 1 unspecified atom stereocenters. The molecule has 0 spiro atoms. The molecule has 7 heteroatoms. The zero-order valence-corrected chi connectivity index (χ0v) is 10.7. The Morgan fingerprint density at radius 3 is 2.47 bits per heavy atom. The van der Waals surface area contributed by atoms with Gasteiger partial charge in [-0.2, -0.15) is 13.2 Å². The van der Waals surface area contributed by atoms with E-state index in [4.69, 9.17) is 5.11 Å². The van der Waals surface area contributed by atoms with Crippen molar-refractivity contribution in [1.29, 1.82) is 0 Å². The molecule has 104 valence electrons. The zero-order chi connectivity index (χ0) is 14.4. The van der Waals surface area contributed by atoms with Gasteiger partial charge in [-0.25, -0.2) is 8.42 Å². The first kappa shape index (κ1) is 14.1. The summed E-state index contributed by atoms with van der Waals surface area (Å²) >= 11 is 0. The van der Waals surface area contributed by atoms with Crippen LogP contribution in [0.25, 0.3) is 5.57 Å². The average molecular weight is 292 g/mol. The van der Waals surface area contributed by atoms with E-state index >= 15 is 0 Å². The molecule has 1 aromatic rings. The van der Waals surface area contributed by atoms with Crippen LogP contribution in [0.5, 0.6) is 0 Å².